The summed E-state index contributed by atoms with van der Waals surface area (Å²) in [6.07, 6.45) is 0. The number of aromatic amines is 1. The normalized spacial score (nSPS) is 10.9. The minimum Gasteiger partial charge on any atom is -0.334 e. The number of aromatic nitrogens is 2. The fraction of sp³-hybridized carbons (Fsp3) is 0.235. The van der Waals surface area contributed by atoms with Crippen molar-refractivity contribution in [1.82, 2.24) is 14.9 Å². The van der Waals surface area contributed by atoms with E-state index in [1.807, 2.05) is 43.5 Å². The lowest BCUT2D eigenvalue weighted by atomic mass is 10.1. The Morgan fingerprint density at radius 2 is 1.96 bits per heavy atom. The summed E-state index contributed by atoms with van der Waals surface area (Å²) in [6, 6.07) is 7.57. The number of hydrogen-bond donors (Lipinski definition) is 1. The van der Waals surface area contributed by atoms with Gasteiger partial charge in [-0.1, -0.05) is 17.2 Å². The van der Waals surface area contributed by atoms with Gasteiger partial charge < -0.3 is 9.88 Å². The van der Waals surface area contributed by atoms with Gasteiger partial charge >= 0.3 is 0 Å². The zero-order chi connectivity index (χ0) is 16.6. The Morgan fingerprint density at radius 1 is 1.26 bits per heavy atom. The number of nitrogens with one attached hydrogen (secondary N) is 1. The summed E-state index contributed by atoms with van der Waals surface area (Å²) in [6.45, 7) is 4.19. The quantitative estimate of drug-likeness (QED) is 0.804. The molecule has 0 spiro atoms. The van der Waals surface area contributed by atoms with E-state index in [1.165, 1.54) is 11.3 Å². The molecule has 118 valence electrons. The van der Waals surface area contributed by atoms with Crippen molar-refractivity contribution < 1.29 is 4.79 Å². The first-order valence-corrected chi connectivity index (χ1v) is 8.12. The van der Waals surface area contributed by atoms with E-state index in [-0.39, 0.29) is 18.0 Å². The number of hydrogen-bond acceptors (Lipinski definition) is 4. The Balaban J connectivity index is 1.86. The Kier molecular flexibility index (Phi) is 4.00. The Bertz CT molecular complexity index is 922. The average molecular weight is 327 g/mol. The first-order chi connectivity index (χ1) is 10.9. The fourth-order valence-corrected chi connectivity index (χ4v) is 3.34. The monoisotopic (exact) mass is 327 g/mol. The van der Waals surface area contributed by atoms with E-state index in [0.29, 0.717) is 21.6 Å². The van der Waals surface area contributed by atoms with Crippen LogP contribution in [0, 0.1) is 13.8 Å². The highest BCUT2D eigenvalue weighted by Gasteiger charge is 2.15. The number of fused-ring (bicyclic) bond motifs is 1. The van der Waals surface area contributed by atoms with E-state index in [2.05, 4.69) is 9.97 Å². The molecule has 0 atom stereocenters. The lowest BCUT2D eigenvalue weighted by Crippen LogP contribution is -2.28. The zero-order valence-electron chi connectivity index (χ0n) is 13.2. The van der Waals surface area contributed by atoms with Crippen LogP contribution in [-0.2, 0) is 6.54 Å². The molecule has 1 amide bonds. The second-order valence-corrected chi connectivity index (χ2v) is 6.60. The number of carbonyl (C=O) groups excluding carboxylic acids is 1. The van der Waals surface area contributed by atoms with Gasteiger partial charge in [-0.05, 0) is 37.4 Å². The summed E-state index contributed by atoms with van der Waals surface area (Å²) in [5, 5.41) is 1.83. The van der Waals surface area contributed by atoms with E-state index in [9.17, 15) is 9.59 Å². The molecule has 2 aromatic heterocycles. The molecule has 0 saturated carbocycles. The van der Waals surface area contributed by atoms with E-state index in [4.69, 9.17) is 0 Å². The molecule has 0 saturated heterocycles. The third-order valence-corrected chi connectivity index (χ3v) is 4.47. The molecule has 6 heteroatoms. The molecule has 0 radical (unpaired) electrons. The van der Waals surface area contributed by atoms with Gasteiger partial charge in [-0.2, -0.15) is 0 Å². The molecule has 1 aromatic carbocycles. The summed E-state index contributed by atoms with van der Waals surface area (Å²) in [7, 11) is 1.71. The molecule has 0 aliphatic rings. The van der Waals surface area contributed by atoms with Crippen molar-refractivity contribution >= 4 is 27.5 Å². The van der Waals surface area contributed by atoms with E-state index < -0.39 is 0 Å². The lowest BCUT2D eigenvalue weighted by molar-refractivity contribution is 0.0781. The van der Waals surface area contributed by atoms with Gasteiger partial charge in [-0.15, -0.1) is 11.3 Å². The molecule has 0 fully saturated rings. The minimum absolute atomic E-state index is 0.0927. The number of nitrogens with zero attached hydrogens (tertiary/aromatic N) is 2. The van der Waals surface area contributed by atoms with Gasteiger partial charge in [0.1, 0.15) is 10.5 Å². The standard InChI is InChI=1S/C17H17N3O2S/c1-10-6-11(2)8-12(7-10)17(22)20(3)9-14-18-13-4-5-23-15(13)16(21)19-14/h4-8H,9H2,1-3H3,(H,18,19,21). The summed E-state index contributed by atoms with van der Waals surface area (Å²) in [5.74, 6) is 0.394. The van der Waals surface area contributed by atoms with Crippen molar-refractivity contribution in [3.05, 3.63) is 62.5 Å². The van der Waals surface area contributed by atoms with E-state index in [1.54, 1.807) is 11.9 Å². The van der Waals surface area contributed by atoms with Gasteiger partial charge in [0, 0.05) is 12.6 Å². The molecule has 5 nitrogen and oxygen atoms in total. The first-order valence-electron chi connectivity index (χ1n) is 7.24. The molecule has 1 N–H and O–H groups in total. The Hall–Kier alpha value is -2.47. The highest BCUT2D eigenvalue weighted by molar-refractivity contribution is 7.17. The van der Waals surface area contributed by atoms with Gasteiger partial charge in [-0.25, -0.2) is 4.98 Å². The summed E-state index contributed by atoms with van der Waals surface area (Å²) >= 11 is 1.36. The molecule has 0 unspecified atom stereocenters. The Morgan fingerprint density at radius 3 is 2.65 bits per heavy atom. The van der Waals surface area contributed by atoms with Gasteiger partial charge in [0.15, 0.2) is 0 Å². The predicted molar refractivity (Wildman–Crippen MR) is 92.0 cm³/mol. The topological polar surface area (TPSA) is 66.1 Å². The molecule has 0 aliphatic heterocycles. The van der Waals surface area contributed by atoms with Crippen molar-refractivity contribution in [3.8, 4) is 0 Å². The van der Waals surface area contributed by atoms with Crippen LogP contribution >= 0.6 is 11.3 Å². The number of carbonyl (C=O) groups is 1. The van der Waals surface area contributed by atoms with Crippen molar-refractivity contribution in [2.45, 2.75) is 20.4 Å². The van der Waals surface area contributed by atoms with Crippen LogP contribution in [0.25, 0.3) is 10.2 Å². The number of rotatable bonds is 3. The molecular formula is C17H17N3O2S. The van der Waals surface area contributed by atoms with Gasteiger partial charge in [0.25, 0.3) is 11.5 Å². The molecule has 3 rings (SSSR count). The van der Waals surface area contributed by atoms with Gasteiger partial charge in [0.05, 0.1) is 12.1 Å². The molecule has 2 heterocycles. The highest BCUT2D eigenvalue weighted by Crippen LogP contribution is 2.15. The van der Waals surface area contributed by atoms with E-state index in [0.717, 1.165) is 11.1 Å². The number of H-pyrrole nitrogens is 1. The third-order valence-electron chi connectivity index (χ3n) is 3.57. The maximum atomic E-state index is 12.6. The summed E-state index contributed by atoms with van der Waals surface area (Å²) < 4.78 is 0.608. The van der Waals surface area contributed by atoms with E-state index >= 15 is 0 Å². The molecule has 23 heavy (non-hydrogen) atoms. The van der Waals surface area contributed by atoms with Gasteiger partial charge in [0.2, 0.25) is 0 Å². The molecular weight excluding hydrogens is 310 g/mol. The number of aryl methyl sites for hydroxylation is 2. The number of benzene rings is 1. The highest BCUT2D eigenvalue weighted by atomic mass is 32.1. The van der Waals surface area contributed by atoms with Crippen molar-refractivity contribution in [1.29, 1.82) is 0 Å². The summed E-state index contributed by atoms with van der Waals surface area (Å²) in [4.78, 5) is 33.3. The predicted octanol–water partition coefficient (Wildman–Crippen LogP) is 2.87. The smallest absolute Gasteiger partial charge is 0.268 e. The second kappa shape index (κ2) is 5.96. The van der Waals surface area contributed by atoms with Crippen LogP contribution in [-0.4, -0.2) is 27.8 Å². The van der Waals surface area contributed by atoms with Crippen molar-refractivity contribution in [2.75, 3.05) is 7.05 Å². The van der Waals surface area contributed by atoms with Gasteiger partial charge in [-0.3, -0.25) is 9.59 Å². The summed E-state index contributed by atoms with van der Waals surface area (Å²) in [5.41, 5.74) is 3.25. The van der Waals surface area contributed by atoms with Crippen LogP contribution in [0.3, 0.4) is 0 Å². The maximum Gasteiger partial charge on any atom is 0.268 e. The van der Waals surface area contributed by atoms with Crippen molar-refractivity contribution in [2.24, 2.45) is 0 Å². The van der Waals surface area contributed by atoms with Crippen LogP contribution in [0.4, 0.5) is 0 Å². The van der Waals surface area contributed by atoms with Crippen LogP contribution in [0.15, 0.2) is 34.4 Å². The SMILES string of the molecule is Cc1cc(C)cc(C(=O)N(C)Cc2nc3ccsc3c(=O)[nH]2)c1. The van der Waals surface area contributed by atoms with Crippen LogP contribution in [0.5, 0.6) is 0 Å². The molecule has 0 bridgehead atoms. The van der Waals surface area contributed by atoms with Crippen LogP contribution in [0.2, 0.25) is 0 Å². The van der Waals surface area contributed by atoms with Crippen LogP contribution in [0.1, 0.15) is 27.3 Å². The zero-order valence-corrected chi connectivity index (χ0v) is 14.0. The number of amides is 1. The van der Waals surface area contributed by atoms with Crippen molar-refractivity contribution in [3.63, 3.8) is 0 Å². The minimum atomic E-state index is -0.160. The number of thiophene rings is 1. The fourth-order valence-electron chi connectivity index (χ4n) is 2.61. The lowest BCUT2D eigenvalue weighted by Gasteiger charge is -2.17. The largest absolute Gasteiger partial charge is 0.334 e. The third kappa shape index (κ3) is 3.17. The first kappa shape index (κ1) is 15.4. The van der Waals surface area contributed by atoms with Crippen LogP contribution < -0.4 is 5.56 Å². The molecule has 0 aliphatic carbocycles. The average Bonchev–Trinajstić information content (AvgIpc) is 2.94. The second-order valence-electron chi connectivity index (χ2n) is 5.69. The molecule has 3 aromatic rings. The maximum absolute atomic E-state index is 12.6. The Labute approximate surface area is 137 Å².